The molecule has 6 heteroatoms. The van der Waals surface area contributed by atoms with E-state index in [2.05, 4.69) is 60.1 Å². The Hall–Kier alpha value is -2.99. The summed E-state index contributed by atoms with van der Waals surface area (Å²) in [5, 5.41) is 13.1. The smallest absolute Gasteiger partial charge is 0.309 e. The Labute approximate surface area is 182 Å². The molecule has 31 heavy (non-hydrogen) atoms. The molecule has 0 saturated carbocycles. The van der Waals surface area contributed by atoms with Crippen LogP contribution in [0.4, 0.5) is 0 Å². The van der Waals surface area contributed by atoms with Crippen LogP contribution >= 0.6 is 0 Å². The molecule has 0 radical (unpaired) electrons. The minimum atomic E-state index is -0.707. The Bertz CT molecular complexity index is 1030. The molecule has 0 aliphatic carbocycles. The van der Waals surface area contributed by atoms with Crippen LogP contribution in [0.2, 0.25) is 0 Å². The minimum absolute atomic E-state index is 0.0283. The van der Waals surface area contributed by atoms with Gasteiger partial charge in [-0.2, -0.15) is 4.98 Å². The van der Waals surface area contributed by atoms with Gasteiger partial charge in [-0.3, -0.25) is 9.69 Å². The van der Waals surface area contributed by atoms with Crippen LogP contribution in [0.5, 0.6) is 0 Å². The number of aromatic nitrogens is 2. The van der Waals surface area contributed by atoms with Gasteiger partial charge in [0, 0.05) is 31.6 Å². The Morgan fingerprint density at radius 2 is 1.81 bits per heavy atom. The molecule has 3 aromatic rings. The molecular formula is C25H29N3O3. The minimum Gasteiger partial charge on any atom is -0.481 e. The van der Waals surface area contributed by atoms with Crippen molar-refractivity contribution >= 4 is 5.97 Å². The highest BCUT2D eigenvalue weighted by Crippen LogP contribution is 2.29. The van der Waals surface area contributed by atoms with Gasteiger partial charge in [0.25, 0.3) is 0 Å². The largest absolute Gasteiger partial charge is 0.481 e. The molecule has 2 aromatic carbocycles. The van der Waals surface area contributed by atoms with Crippen LogP contribution in [0.3, 0.4) is 0 Å². The van der Waals surface area contributed by atoms with Gasteiger partial charge in [-0.05, 0) is 29.9 Å². The van der Waals surface area contributed by atoms with Gasteiger partial charge >= 0.3 is 5.97 Å². The molecule has 0 spiro atoms. The molecule has 1 aliphatic heterocycles. The lowest BCUT2D eigenvalue weighted by Gasteiger charge is -2.36. The molecule has 1 N–H and O–H groups in total. The van der Waals surface area contributed by atoms with Crippen LogP contribution in [0, 0.1) is 12.8 Å². The maximum absolute atomic E-state index is 10.9. The number of carboxylic acid groups (broad SMARTS) is 1. The fourth-order valence-corrected chi connectivity index (χ4v) is 3.91. The number of carbonyl (C=O) groups is 1. The Morgan fingerprint density at radius 3 is 2.45 bits per heavy atom. The standard InChI is InChI=1S/C25H29N3O3/c1-17-4-10-21(11-5-17)25(2,3)13-12-22-26-23(27-31-22)19-8-6-18(7-9-19)14-28-15-20(16-28)24(29)30/h4-11,20H,12-16H2,1-3H3,(H,29,30). The average molecular weight is 420 g/mol. The summed E-state index contributed by atoms with van der Waals surface area (Å²) in [6.07, 6.45) is 1.65. The zero-order chi connectivity index (χ0) is 22.0. The molecule has 0 unspecified atom stereocenters. The summed E-state index contributed by atoms with van der Waals surface area (Å²) >= 11 is 0. The number of rotatable bonds is 8. The highest BCUT2D eigenvalue weighted by molar-refractivity contribution is 5.71. The van der Waals surface area contributed by atoms with E-state index in [9.17, 15) is 4.79 Å². The Morgan fingerprint density at radius 1 is 1.13 bits per heavy atom. The lowest BCUT2D eigenvalue weighted by Crippen LogP contribution is -2.49. The normalized spacial score (nSPS) is 15.1. The highest BCUT2D eigenvalue weighted by atomic mass is 16.5. The molecular weight excluding hydrogens is 390 g/mol. The summed E-state index contributed by atoms with van der Waals surface area (Å²) in [5.74, 6) is 0.318. The summed E-state index contributed by atoms with van der Waals surface area (Å²) in [5.41, 5.74) is 4.67. The van der Waals surface area contributed by atoms with Gasteiger partial charge in [0.05, 0.1) is 5.92 Å². The van der Waals surface area contributed by atoms with Crippen LogP contribution in [0.15, 0.2) is 53.1 Å². The van der Waals surface area contributed by atoms with Crippen LogP contribution in [0.1, 0.15) is 42.8 Å². The molecule has 1 aromatic heterocycles. The van der Waals surface area contributed by atoms with Gasteiger partial charge in [0.15, 0.2) is 0 Å². The van der Waals surface area contributed by atoms with Crippen LogP contribution in [-0.2, 0) is 23.2 Å². The number of aryl methyl sites for hydroxylation is 2. The maximum atomic E-state index is 10.9. The molecule has 0 bridgehead atoms. The third-order valence-corrected chi connectivity index (χ3v) is 6.19. The second kappa shape index (κ2) is 8.63. The average Bonchev–Trinajstić information content (AvgIpc) is 3.18. The molecule has 2 heterocycles. The fraction of sp³-hybridized carbons (Fsp3) is 0.400. The van der Waals surface area contributed by atoms with E-state index in [1.54, 1.807) is 0 Å². The highest BCUT2D eigenvalue weighted by Gasteiger charge is 2.32. The number of nitrogens with zero attached hydrogens (tertiary/aromatic N) is 3. The van der Waals surface area contributed by atoms with E-state index in [0.717, 1.165) is 30.5 Å². The predicted molar refractivity (Wildman–Crippen MR) is 119 cm³/mol. The maximum Gasteiger partial charge on any atom is 0.309 e. The molecule has 1 saturated heterocycles. The van der Waals surface area contributed by atoms with Gasteiger partial charge < -0.3 is 9.63 Å². The lowest BCUT2D eigenvalue weighted by molar-refractivity contribution is -0.147. The molecule has 0 amide bonds. The number of carboxylic acids is 1. The second-order valence-corrected chi connectivity index (χ2v) is 9.19. The van der Waals surface area contributed by atoms with E-state index in [-0.39, 0.29) is 11.3 Å². The fourth-order valence-electron chi connectivity index (χ4n) is 3.91. The summed E-state index contributed by atoms with van der Waals surface area (Å²) in [6.45, 7) is 8.57. The molecule has 1 aliphatic rings. The Kier molecular flexibility index (Phi) is 5.92. The van der Waals surface area contributed by atoms with E-state index in [0.29, 0.717) is 24.8 Å². The first-order chi connectivity index (χ1) is 14.8. The first kappa shape index (κ1) is 21.2. The number of hydrogen-bond donors (Lipinski definition) is 1. The first-order valence-corrected chi connectivity index (χ1v) is 10.7. The van der Waals surface area contributed by atoms with Crippen molar-refractivity contribution in [2.75, 3.05) is 13.1 Å². The number of aliphatic carboxylic acids is 1. The van der Waals surface area contributed by atoms with E-state index in [1.807, 2.05) is 24.3 Å². The molecule has 0 atom stereocenters. The zero-order valence-corrected chi connectivity index (χ0v) is 18.3. The third kappa shape index (κ3) is 5.02. The van der Waals surface area contributed by atoms with E-state index < -0.39 is 5.97 Å². The van der Waals surface area contributed by atoms with Gasteiger partial charge in [-0.15, -0.1) is 0 Å². The lowest BCUT2D eigenvalue weighted by atomic mass is 9.80. The van der Waals surface area contributed by atoms with Crippen molar-refractivity contribution < 1.29 is 14.4 Å². The number of likely N-dealkylation sites (tertiary alicyclic amines) is 1. The zero-order valence-electron chi connectivity index (χ0n) is 18.3. The predicted octanol–water partition coefficient (Wildman–Crippen LogP) is 4.47. The summed E-state index contributed by atoms with van der Waals surface area (Å²) in [6, 6.07) is 16.8. The van der Waals surface area contributed by atoms with Gasteiger partial charge in [-0.25, -0.2) is 0 Å². The van der Waals surface area contributed by atoms with Crippen molar-refractivity contribution in [1.82, 2.24) is 15.0 Å². The van der Waals surface area contributed by atoms with Crippen LogP contribution in [0.25, 0.3) is 11.4 Å². The molecule has 162 valence electrons. The van der Waals surface area contributed by atoms with Gasteiger partial charge in [0.2, 0.25) is 11.7 Å². The van der Waals surface area contributed by atoms with E-state index in [4.69, 9.17) is 9.63 Å². The molecule has 6 nitrogen and oxygen atoms in total. The second-order valence-electron chi connectivity index (χ2n) is 9.19. The Balaban J connectivity index is 1.33. The van der Waals surface area contributed by atoms with Crippen molar-refractivity contribution in [3.8, 4) is 11.4 Å². The van der Waals surface area contributed by atoms with Crippen molar-refractivity contribution in [2.45, 2.75) is 45.6 Å². The third-order valence-electron chi connectivity index (χ3n) is 6.19. The van der Waals surface area contributed by atoms with Crippen molar-refractivity contribution in [1.29, 1.82) is 0 Å². The molecule has 1 fully saturated rings. The molecule has 4 rings (SSSR count). The summed E-state index contributed by atoms with van der Waals surface area (Å²) < 4.78 is 5.50. The van der Waals surface area contributed by atoms with Crippen molar-refractivity contribution in [2.24, 2.45) is 5.92 Å². The van der Waals surface area contributed by atoms with E-state index >= 15 is 0 Å². The summed E-state index contributed by atoms with van der Waals surface area (Å²) in [4.78, 5) is 17.6. The summed E-state index contributed by atoms with van der Waals surface area (Å²) in [7, 11) is 0. The number of benzene rings is 2. The van der Waals surface area contributed by atoms with Crippen LogP contribution < -0.4 is 0 Å². The van der Waals surface area contributed by atoms with E-state index in [1.165, 1.54) is 11.1 Å². The van der Waals surface area contributed by atoms with Gasteiger partial charge in [-0.1, -0.05) is 73.1 Å². The monoisotopic (exact) mass is 419 g/mol. The number of hydrogen-bond acceptors (Lipinski definition) is 5. The van der Waals surface area contributed by atoms with Crippen molar-refractivity contribution in [3.05, 3.63) is 71.1 Å². The van der Waals surface area contributed by atoms with Gasteiger partial charge in [0.1, 0.15) is 0 Å². The van der Waals surface area contributed by atoms with Crippen molar-refractivity contribution in [3.63, 3.8) is 0 Å². The first-order valence-electron chi connectivity index (χ1n) is 10.7. The van der Waals surface area contributed by atoms with Crippen LogP contribution in [-0.4, -0.2) is 39.2 Å². The topological polar surface area (TPSA) is 79.5 Å². The SMILES string of the molecule is Cc1ccc(C(C)(C)CCc2nc(-c3ccc(CN4CC(C(=O)O)C4)cc3)no2)cc1. The quantitative estimate of drug-likeness (QED) is 0.580.